The Balaban J connectivity index is 2.96. The fourth-order valence-corrected chi connectivity index (χ4v) is 2.76. The zero-order valence-corrected chi connectivity index (χ0v) is 11.8. The third-order valence-corrected chi connectivity index (χ3v) is 3.55. The highest BCUT2D eigenvalue weighted by molar-refractivity contribution is 14.1. The van der Waals surface area contributed by atoms with E-state index in [1.807, 2.05) is 26.0 Å². The molecular formula is C11H11ClIN3. The Morgan fingerprint density at radius 3 is 2.69 bits per heavy atom. The van der Waals surface area contributed by atoms with Crippen LogP contribution in [0.5, 0.6) is 0 Å². The maximum Gasteiger partial charge on any atom is 0.0913 e. The van der Waals surface area contributed by atoms with Crippen LogP contribution in [0, 0.1) is 17.4 Å². The van der Waals surface area contributed by atoms with Gasteiger partial charge in [-0.25, -0.2) is 0 Å². The van der Waals surface area contributed by atoms with Crippen LogP contribution in [-0.4, -0.2) is 4.98 Å². The van der Waals surface area contributed by atoms with E-state index in [-0.39, 0.29) is 0 Å². The molecule has 0 spiro atoms. The van der Waals surface area contributed by atoms with Crippen LogP contribution in [0.25, 0.3) is 10.9 Å². The minimum atomic E-state index is 0.654. The number of nitrogens with two attached hydrogens (primary N) is 1. The molecule has 1 aromatic heterocycles. The van der Waals surface area contributed by atoms with E-state index in [4.69, 9.17) is 17.4 Å². The summed E-state index contributed by atoms with van der Waals surface area (Å²) in [5, 5.41) is 1.61. The summed E-state index contributed by atoms with van der Waals surface area (Å²) in [6, 6.07) is 3.92. The van der Waals surface area contributed by atoms with Crippen LogP contribution in [0.15, 0.2) is 12.1 Å². The quantitative estimate of drug-likeness (QED) is 0.472. The first-order valence-electron chi connectivity index (χ1n) is 4.77. The second-order valence-corrected chi connectivity index (χ2v) is 5.28. The molecule has 0 aliphatic rings. The van der Waals surface area contributed by atoms with E-state index >= 15 is 0 Å². The van der Waals surface area contributed by atoms with Gasteiger partial charge in [0.1, 0.15) is 0 Å². The van der Waals surface area contributed by atoms with Gasteiger partial charge in [0, 0.05) is 14.7 Å². The number of hydrogen-bond donors (Lipinski definition) is 2. The molecule has 3 N–H and O–H groups in total. The number of hydrogen-bond acceptors (Lipinski definition) is 3. The predicted molar refractivity (Wildman–Crippen MR) is 76.8 cm³/mol. The summed E-state index contributed by atoms with van der Waals surface area (Å²) in [5.74, 6) is 5.56. The smallest absolute Gasteiger partial charge is 0.0913 e. The average Bonchev–Trinajstić information content (AvgIpc) is 2.22. The van der Waals surface area contributed by atoms with Gasteiger partial charge < -0.3 is 5.43 Å². The van der Waals surface area contributed by atoms with Crippen molar-refractivity contribution < 1.29 is 0 Å². The van der Waals surface area contributed by atoms with Crippen LogP contribution in [0.3, 0.4) is 0 Å². The number of anilines is 1. The van der Waals surface area contributed by atoms with E-state index in [0.29, 0.717) is 5.02 Å². The Labute approximate surface area is 112 Å². The van der Waals surface area contributed by atoms with Gasteiger partial charge in [-0.15, -0.1) is 0 Å². The van der Waals surface area contributed by atoms with Crippen molar-refractivity contribution in [1.29, 1.82) is 0 Å². The van der Waals surface area contributed by atoms with E-state index in [1.165, 1.54) is 0 Å². The molecule has 0 aliphatic heterocycles. The first kappa shape index (κ1) is 11.9. The van der Waals surface area contributed by atoms with Crippen molar-refractivity contribution in [3.05, 3.63) is 32.0 Å². The zero-order chi connectivity index (χ0) is 11.9. The fraction of sp³-hybridized carbons (Fsp3) is 0.182. The lowest BCUT2D eigenvalue weighted by atomic mass is 10.1. The van der Waals surface area contributed by atoms with Crippen molar-refractivity contribution in [3.8, 4) is 0 Å². The number of halogens is 2. The van der Waals surface area contributed by atoms with Gasteiger partial charge in [0.25, 0.3) is 0 Å². The zero-order valence-electron chi connectivity index (χ0n) is 8.94. The van der Waals surface area contributed by atoms with Crippen molar-refractivity contribution in [2.24, 2.45) is 5.84 Å². The molecule has 2 rings (SSSR count). The highest BCUT2D eigenvalue weighted by Gasteiger charge is 2.11. The van der Waals surface area contributed by atoms with E-state index in [2.05, 4.69) is 33.0 Å². The van der Waals surface area contributed by atoms with Crippen LogP contribution < -0.4 is 11.3 Å². The largest absolute Gasteiger partial charge is 0.323 e. The van der Waals surface area contributed by atoms with Crippen LogP contribution in [-0.2, 0) is 0 Å². The molecule has 1 heterocycles. The second-order valence-electron chi connectivity index (χ2n) is 3.63. The summed E-state index contributed by atoms with van der Waals surface area (Å²) in [4.78, 5) is 4.49. The lowest BCUT2D eigenvalue weighted by Crippen LogP contribution is -2.10. The maximum atomic E-state index is 6.18. The number of nitrogens with zero attached hydrogens (tertiary/aromatic N) is 1. The molecular weight excluding hydrogens is 336 g/mol. The number of hydrazine groups is 1. The number of aromatic nitrogens is 1. The predicted octanol–water partition coefficient (Wildman–Crippen LogP) is 3.40. The first-order valence-corrected chi connectivity index (χ1v) is 6.23. The molecule has 0 radical (unpaired) electrons. The Kier molecular flexibility index (Phi) is 3.23. The number of pyridine rings is 1. The number of nitrogens with one attached hydrogen (secondary N) is 1. The first-order chi connectivity index (χ1) is 7.54. The molecule has 1 aromatic carbocycles. The van der Waals surface area contributed by atoms with E-state index in [9.17, 15) is 0 Å². The molecule has 0 saturated carbocycles. The van der Waals surface area contributed by atoms with Crippen molar-refractivity contribution in [3.63, 3.8) is 0 Å². The summed E-state index contributed by atoms with van der Waals surface area (Å²) in [6.07, 6.45) is 0. The van der Waals surface area contributed by atoms with Crippen molar-refractivity contribution in [2.45, 2.75) is 13.8 Å². The molecule has 0 unspecified atom stereocenters. The third-order valence-electron chi connectivity index (χ3n) is 2.64. The van der Waals surface area contributed by atoms with Gasteiger partial charge in [-0.1, -0.05) is 11.6 Å². The van der Waals surface area contributed by atoms with E-state index in [0.717, 1.165) is 31.4 Å². The number of fused-ring (bicyclic) bond motifs is 1. The van der Waals surface area contributed by atoms with Crippen molar-refractivity contribution in [1.82, 2.24) is 4.98 Å². The van der Waals surface area contributed by atoms with Gasteiger partial charge in [0.15, 0.2) is 0 Å². The molecule has 3 nitrogen and oxygen atoms in total. The Hall–Kier alpha value is -0.590. The number of aryl methyl sites for hydroxylation is 1. The minimum Gasteiger partial charge on any atom is -0.323 e. The third kappa shape index (κ3) is 1.85. The number of rotatable bonds is 1. The Morgan fingerprint density at radius 2 is 2.06 bits per heavy atom. The Bertz CT molecular complexity index is 569. The topological polar surface area (TPSA) is 50.9 Å². The van der Waals surface area contributed by atoms with Gasteiger partial charge in [-0.2, -0.15) is 0 Å². The summed E-state index contributed by atoms with van der Waals surface area (Å²) in [5.41, 5.74) is 6.40. The number of benzene rings is 1. The van der Waals surface area contributed by atoms with Crippen molar-refractivity contribution in [2.75, 3.05) is 5.43 Å². The van der Waals surface area contributed by atoms with Crippen LogP contribution >= 0.6 is 34.2 Å². The minimum absolute atomic E-state index is 0.654. The summed E-state index contributed by atoms with van der Waals surface area (Å²) < 4.78 is 1.07. The fourth-order valence-electron chi connectivity index (χ4n) is 1.69. The van der Waals surface area contributed by atoms with Crippen molar-refractivity contribution >= 4 is 50.8 Å². The monoisotopic (exact) mass is 347 g/mol. The number of nitrogen functional groups attached to an aromatic ring is 1. The molecule has 0 amide bonds. The van der Waals surface area contributed by atoms with Crippen LogP contribution in [0.1, 0.15) is 11.3 Å². The molecule has 0 bridgehead atoms. The van der Waals surface area contributed by atoms with Crippen LogP contribution in [0.4, 0.5) is 5.69 Å². The summed E-state index contributed by atoms with van der Waals surface area (Å²) in [7, 11) is 0. The summed E-state index contributed by atoms with van der Waals surface area (Å²) >= 11 is 8.41. The molecule has 0 saturated heterocycles. The standard InChI is InChI=1S/C11H11ClIN3/c1-5-6(2)15-11-8(10(5)16-14)3-7(13)4-9(11)12/h3-4H,14H2,1-2H3,(H,15,16). The molecule has 0 aliphatic carbocycles. The normalized spacial score (nSPS) is 10.8. The molecule has 16 heavy (non-hydrogen) atoms. The maximum absolute atomic E-state index is 6.18. The SMILES string of the molecule is Cc1nc2c(Cl)cc(I)cc2c(NN)c1C. The molecule has 2 aromatic rings. The lowest BCUT2D eigenvalue weighted by Gasteiger charge is -2.12. The van der Waals surface area contributed by atoms with Gasteiger partial charge in [-0.05, 0) is 54.1 Å². The highest BCUT2D eigenvalue weighted by Crippen LogP contribution is 2.32. The Morgan fingerprint density at radius 1 is 1.38 bits per heavy atom. The van der Waals surface area contributed by atoms with E-state index < -0.39 is 0 Å². The lowest BCUT2D eigenvalue weighted by molar-refractivity contribution is 1.18. The summed E-state index contributed by atoms with van der Waals surface area (Å²) in [6.45, 7) is 3.94. The van der Waals surface area contributed by atoms with Gasteiger partial charge in [0.05, 0.1) is 16.2 Å². The molecule has 0 fully saturated rings. The second kappa shape index (κ2) is 4.35. The van der Waals surface area contributed by atoms with Crippen LogP contribution in [0.2, 0.25) is 5.02 Å². The van der Waals surface area contributed by atoms with E-state index in [1.54, 1.807) is 0 Å². The highest BCUT2D eigenvalue weighted by atomic mass is 127. The molecule has 0 atom stereocenters. The molecule has 84 valence electrons. The van der Waals surface area contributed by atoms with Gasteiger partial charge >= 0.3 is 0 Å². The molecule has 5 heteroatoms. The van der Waals surface area contributed by atoms with Gasteiger partial charge in [0.2, 0.25) is 0 Å². The van der Waals surface area contributed by atoms with Gasteiger partial charge in [-0.3, -0.25) is 10.8 Å². The average molecular weight is 348 g/mol.